The molecule has 1 amide bonds. The van der Waals surface area contributed by atoms with Crippen molar-refractivity contribution in [3.63, 3.8) is 0 Å². The highest BCUT2D eigenvalue weighted by Gasteiger charge is 2.13. The summed E-state index contributed by atoms with van der Waals surface area (Å²) in [5.74, 6) is 1.44. The molecule has 0 spiro atoms. The van der Waals surface area contributed by atoms with Crippen molar-refractivity contribution in [3.05, 3.63) is 53.6 Å². The summed E-state index contributed by atoms with van der Waals surface area (Å²) in [5.41, 5.74) is 4.48. The van der Waals surface area contributed by atoms with Gasteiger partial charge in [0, 0.05) is 6.07 Å². The Morgan fingerprint density at radius 3 is 2.12 bits per heavy atom. The van der Waals surface area contributed by atoms with Crippen molar-refractivity contribution in [1.29, 1.82) is 0 Å². The van der Waals surface area contributed by atoms with E-state index in [2.05, 4.69) is 10.5 Å². The van der Waals surface area contributed by atoms with Crippen LogP contribution in [0.4, 0.5) is 0 Å². The molecular formula is C18H20N2O4. The number of ether oxygens (including phenoxy) is 3. The van der Waals surface area contributed by atoms with Gasteiger partial charge in [-0.1, -0.05) is 0 Å². The smallest absolute Gasteiger partial charge is 0.275 e. The number of hydrogen-bond donors (Lipinski definition) is 1. The molecule has 0 saturated heterocycles. The Bertz CT molecular complexity index is 739. The zero-order valence-corrected chi connectivity index (χ0v) is 14.1. The van der Waals surface area contributed by atoms with E-state index in [4.69, 9.17) is 14.2 Å². The van der Waals surface area contributed by atoms with E-state index in [1.54, 1.807) is 32.4 Å². The first-order valence-corrected chi connectivity index (χ1v) is 7.30. The molecular weight excluding hydrogens is 308 g/mol. The summed E-state index contributed by atoms with van der Waals surface area (Å²) < 4.78 is 15.5. The summed E-state index contributed by atoms with van der Waals surface area (Å²) in [6, 6.07) is 12.4. The molecule has 2 aromatic carbocycles. The average Bonchev–Trinajstić information content (AvgIpc) is 2.65. The maximum Gasteiger partial charge on any atom is 0.275 e. The first kappa shape index (κ1) is 17.3. The molecule has 0 fully saturated rings. The van der Waals surface area contributed by atoms with Crippen LogP contribution in [-0.4, -0.2) is 32.9 Å². The molecule has 0 aromatic heterocycles. The third-order valence-electron chi connectivity index (χ3n) is 3.49. The van der Waals surface area contributed by atoms with E-state index in [0.29, 0.717) is 22.8 Å². The predicted molar refractivity (Wildman–Crippen MR) is 92.2 cm³/mol. The van der Waals surface area contributed by atoms with Crippen LogP contribution in [0.2, 0.25) is 0 Å². The van der Waals surface area contributed by atoms with E-state index in [1.165, 1.54) is 7.11 Å². The first-order chi connectivity index (χ1) is 11.6. The standard InChI is InChI=1S/C18H20N2O4/c1-12(13-5-7-14(22-2)8-6-13)19-20-18(21)16-10-9-15(23-3)11-17(16)24-4/h5-11H,1-4H3,(H,20,21). The highest BCUT2D eigenvalue weighted by molar-refractivity contribution is 6.01. The number of hydrazone groups is 1. The van der Waals surface area contributed by atoms with E-state index < -0.39 is 0 Å². The van der Waals surface area contributed by atoms with Crippen LogP contribution in [0.25, 0.3) is 0 Å². The fraction of sp³-hybridized carbons (Fsp3) is 0.222. The molecule has 0 aliphatic rings. The maximum absolute atomic E-state index is 12.3. The lowest BCUT2D eigenvalue weighted by Crippen LogP contribution is -2.20. The zero-order valence-electron chi connectivity index (χ0n) is 14.1. The van der Waals surface area contributed by atoms with E-state index in [0.717, 1.165) is 11.3 Å². The highest BCUT2D eigenvalue weighted by Crippen LogP contribution is 2.24. The second kappa shape index (κ2) is 8.01. The lowest BCUT2D eigenvalue weighted by atomic mass is 10.1. The zero-order chi connectivity index (χ0) is 17.5. The van der Waals surface area contributed by atoms with Crippen LogP contribution in [0.1, 0.15) is 22.8 Å². The Kier molecular flexibility index (Phi) is 5.78. The van der Waals surface area contributed by atoms with Gasteiger partial charge in [-0.3, -0.25) is 4.79 Å². The van der Waals surface area contributed by atoms with Gasteiger partial charge in [-0.2, -0.15) is 5.10 Å². The molecule has 2 rings (SSSR count). The molecule has 0 aliphatic heterocycles. The van der Waals surface area contributed by atoms with E-state index in [1.807, 2.05) is 31.2 Å². The molecule has 6 heteroatoms. The summed E-state index contributed by atoms with van der Waals surface area (Å²) in [6.07, 6.45) is 0. The van der Waals surface area contributed by atoms with Crippen LogP contribution in [0, 0.1) is 0 Å². The van der Waals surface area contributed by atoms with Crippen LogP contribution >= 0.6 is 0 Å². The molecule has 126 valence electrons. The molecule has 0 radical (unpaired) electrons. The van der Waals surface area contributed by atoms with Gasteiger partial charge in [0.05, 0.1) is 32.6 Å². The third kappa shape index (κ3) is 4.04. The van der Waals surface area contributed by atoms with Crippen molar-refractivity contribution in [1.82, 2.24) is 5.43 Å². The number of nitrogens with zero attached hydrogens (tertiary/aromatic N) is 1. The summed E-state index contributed by atoms with van der Waals surface area (Å²) >= 11 is 0. The minimum absolute atomic E-state index is 0.359. The minimum atomic E-state index is -0.359. The molecule has 6 nitrogen and oxygen atoms in total. The number of benzene rings is 2. The fourth-order valence-corrected chi connectivity index (χ4v) is 2.08. The van der Waals surface area contributed by atoms with Crippen LogP contribution in [-0.2, 0) is 0 Å². The second-order valence-corrected chi connectivity index (χ2v) is 4.93. The Labute approximate surface area is 141 Å². The summed E-state index contributed by atoms with van der Waals surface area (Å²) in [4.78, 5) is 12.3. The minimum Gasteiger partial charge on any atom is -0.497 e. The van der Waals surface area contributed by atoms with Gasteiger partial charge in [-0.25, -0.2) is 5.43 Å². The number of carbonyl (C=O) groups is 1. The lowest BCUT2D eigenvalue weighted by molar-refractivity contribution is 0.0951. The maximum atomic E-state index is 12.3. The summed E-state index contributed by atoms with van der Waals surface area (Å²) in [7, 11) is 4.66. The number of nitrogens with one attached hydrogen (secondary N) is 1. The fourth-order valence-electron chi connectivity index (χ4n) is 2.08. The summed E-state index contributed by atoms with van der Waals surface area (Å²) in [6.45, 7) is 1.81. The molecule has 0 heterocycles. The number of carbonyl (C=O) groups excluding carboxylic acids is 1. The van der Waals surface area contributed by atoms with Crippen molar-refractivity contribution < 1.29 is 19.0 Å². The number of rotatable bonds is 6. The first-order valence-electron chi connectivity index (χ1n) is 7.30. The molecule has 0 aliphatic carbocycles. The number of hydrogen-bond acceptors (Lipinski definition) is 5. The van der Waals surface area contributed by atoms with Gasteiger partial charge in [-0.15, -0.1) is 0 Å². The monoisotopic (exact) mass is 328 g/mol. The topological polar surface area (TPSA) is 69.2 Å². The normalized spacial score (nSPS) is 10.9. The molecule has 24 heavy (non-hydrogen) atoms. The molecule has 0 saturated carbocycles. The van der Waals surface area contributed by atoms with Crippen molar-refractivity contribution in [3.8, 4) is 17.2 Å². The molecule has 0 atom stereocenters. The van der Waals surface area contributed by atoms with Crippen LogP contribution < -0.4 is 19.6 Å². The van der Waals surface area contributed by atoms with Gasteiger partial charge in [0.2, 0.25) is 0 Å². The third-order valence-corrected chi connectivity index (χ3v) is 3.49. The lowest BCUT2D eigenvalue weighted by Gasteiger charge is -2.09. The van der Waals surface area contributed by atoms with Crippen molar-refractivity contribution in [2.24, 2.45) is 5.10 Å². The van der Waals surface area contributed by atoms with Crippen molar-refractivity contribution in [2.45, 2.75) is 6.92 Å². The van der Waals surface area contributed by atoms with Crippen LogP contribution in [0.5, 0.6) is 17.2 Å². The Balaban J connectivity index is 2.13. The van der Waals surface area contributed by atoms with Gasteiger partial charge in [0.15, 0.2) is 0 Å². The SMILES string of the molecule is COc1ccc(C(C)=NNC(=O)c2ccc(OC)cc2OC)cc1. The molecule has 2 aromatic rings. The van der Waals surface area contributed by atoms with Crippen LogP contribution in [0.3, 0.4) is 0 Å². The highest BCUT2D eigenvalue weighted by atomic mass is 16.5. The van der Waals surface area contributed by atoms with Gasteiger partial charge in [0.25, 0.3) is 5.91 Å². The van der Waals surface area contributed by atoms with E-state index in [-0.39, 0.29) is 5.91 Å². The Morgan fingerprint density at radius 1 is 0.917 bits per heavy atom. The van der Waals surface area contributed by atoms with Crippen LogP contribution in [0.15, 0.2) is 47.6 Å². The summed E-state index contributed by atoms with van der Waals surface area (Å²) in [5, 5.41) is 4.13. The predicted octanol–water partition coefficient (Wildman–Crippen LogP) is 2.87. The Hall–Kier alpha value is -3.02. The van der Waals surface area contributed by atoms with E-state index >= 15 is 0 Å². The van der Waals surface area contributed by atoms with Crippen molar-refractivity contribution >= 4 is 11.6 Å². The quantitative estimate of drug-likeness (QED) is 0.654. The molecule has 0 unspecified atom stereocenters. The Morgan fingerprint density at radius 2 is 1.54 bits per heavy atom. The molecule has 1 N–H and O–H groups in total. The second-order valence-electron chi connectivity index (χ2n) is 4.93. The van der Waals surface area contributed by atoms with E-state index in [9.17, 15) is 4.79 Å². The molecule has 0 bridgehead atoms. The van der Waals surface area contributed by atoms with Gasteiger partial charge in [0.1, 0.15) is 17.2 Å². The van der Waals surface area contributed by atoms with Crippen molar-refractivity contribution in [2.75, 3.05) is 21.3 Å². The number of amides is 1. The average molecular weight is 328 g/mol. The number of methoxy groups -OCH3 is 3. The van der Waals surface area contributed by atoms with Gasteiger partial charge >= 0.3 is 0 Å². The largest absolute Gasteiger partial charge is 0.497 e. The van der Waals surface area contributed by atoms with Gasteiger partial charge < -0.3 is 14.2 Å². The van der Waals surface area contributed by atoms with Gasteiger partial charge in [-0.05, 0) is 48.9 Å².